The maximum atomic E-state index is 5.53. The van der Waals surface area contributed by atoms with E-state index < -0.39 is 0 Å². The number of fused-ring (bicyclic) bond motifs is 1. The molecule has 1 atom stereocenters. The first-order valence-corrected chi connectivity index (χ1v) is 7.02. The second-order valence-corrected chi connectivity index (χ2v) is 5.30. The molecule has 1 N–H and O–H groups in total. The molecule has 2 heterocycles. The number of hydrogen-bond acceptors (Lipinski definition) is 3. The third kappa shape index (κ3) is 2.91. The quantitative estimate of drug-likeness (QED) is 0.845. The molecule has 0 saturated carbocycles. The largest absolute Gasteiger partial charge is 0.378 e. The second-order valence-electron chi connectivity index (χ2n) is 5.30. The molecular formula is C15H22N2O. The van der Waals surface area contributed by atoms with Crippen LogP contribution in [0.1, 0.15) is 11.1 Å². The van der Waals surface area contributed by atoms with E-state index in [1.54, 1.807) is 0 Å². The van der Waals surface area contributed by atoms with Gasteiger partial charge in [0.05, 0.1) is 13.2 Å². The number of nitrogens with zero attached hydrogens (tertiary/aromatic N) is 1. The normalized spacial score (nSPS) is 25.4. The minimum atomic E-state index is 0.514. The van der Waals surface area contributed by atoms with Gasteiger partial charge in [0, 0.05) is 32.2 Å². The molecule has 1 aromatic carbocycles. The van der Waals surface area contributed by atoms with E-state index in [9.17, 15) is 0 Å². The van der Waals surface area contributed by atoms with Crippen molar-refractivity contribution in [3.05, 3.63) is 35.4 Å². The SMILES string of the molecule is c1ccc2c(c1)CCN(CC1COCCN1)CC2. The van der Waals surface area contributed by atoms with Crippen LogP contribution in [0.15, 0.2) is 24.3 Å². The maximum Gasteiger partial charge on any atom is 0.0632 e. The molecular weight excluding hydrogens is 224 g/mol. The molecule has 1 saturated heterocycles. The van der Waals surface area contributed by atoms with Crippen molar-refractivity contribution in [1.29, 1.82) is 0 Å². The molecule has 18 heavy (non-hydrogen) atoms. The summed E-state index contributed by atoms with van der Waals surface area (Å²) in [5, 5.41) is 3.54. The number of hydrogen-bond donors (Lipinski definition) is 1. The summed E-state index contributed by atoms with van der Waals surface area (Å²) in [6, 6.07) is 9.39. The topological polar surface area (TPSA) is 24.5 Å². The molecule has 0 aliphatic carbocycles. The van der Waals surface area contributed by atoms with Crippen molar-refractivity contribution in [3.8, 4) is 0 Å². The Labute approximate surface area is 109 Å². The van der Waals surface area contributed by atoms with Gasteiger partial charge in [-0.05, 0) is 24.0 Å². The second kappa shape index (κ2) is 5.83. The van der Waals surface area contributed by atoms with Crippen molar-refractivity contribution in [3.63, 3.8) is 0 Å². The Hall–Kier alpha value is -0.900. The molecule has 3 heteroatoms. The monoisotopic (exact) mass is 246 g/mol. The Bertz CT molecular complexity index is 361. The van der Waals surface area contributed by atoms with Gasteiger partial charge in [-0.3, -0.25) is 0 Å². The third-order valence-corrected chi connectivity index (χ3v) is 3.99. The zero-order valence-corrected chi connectivity index (χ0v) is 10.9. The fourth-order valence-electron chi connectivity index (χ4n) is 2.95. The summed E-state index contributed by atoms with van der Waals surface area (Å²) in [6.07, 6.45) is 2.37. The molecule has 1 aromatic rings. The minimum Gasteiger partial charge on any atom is -0.378 e. The van der Waals surface area contributed by atoms with Crippen molar-refractivity contribution in [2.24, 2.45) is 0 Å². The lowest BCUT2D eigenvalue weighted by Crippen LogP contribution is -2.48. The highest BCUT2D eigenvalue weighted by Gasteiger charge is 2.19. The van der Waals surface area contributed by atoms with Crippen LogP contribution in [0.2, 0.25) is 0 Å². The first-order chi connectivity index (χ1) is 8.92. The van der Waals surface area contributed by atoms with Crippen LogP contribution >= 0.6 is 0 Å². The number of ether oxygens (including phenoxy) is 1. The number of benzene rings is 1. The molecule has 1 fully saturated rings. The molecule has 0 spiro atoms. The zero-order valence-electron chi connectivity index (χ0n) is 10.9. The summed E-state index contributed by atoms with van der Waals surface area (Å²) in [7, 11) is 0. The Morgan fingerprint density at radius 3 is 2.50 bits per heavy atom. The van der Waals surface area contributed by atoms with Gasteiger partial charge < -0.3 is 15.0 Å². The molecule has 0 bridgehead atoms. The summed E-state index contributed by atoms with van der Waals surface area (Å²) in [5.41, 5.74) is 3.07. The van der Waals surface area contributed by atoms with E-state index in [0.717, 1.165) is 26.3 Å². The molecule has 98 valence electrons. The average molecular weight is 246 g/mol. The van der Waals surface area contributed by atoms with E-state index in [0.29, 0.717) is 6.04 Å². The van der Waals surface area contributed by atoms with Crippen LogP contribution in [0, 0.1) is 0 Å². The van der Waals surface area contributed by atoms with Crippen molar-refractivity contribution < 1.29 is 4.74 Å². The van der Waals surface area contributed by atoms with Gasteiger partial charge >= 0.3 is 0 Å². The van der Waals surface area contributed by atoms with E-state index in [1.165, 1.54) is 37.1 Å². The van der Waals surface area contributed by atoms with Crippen molar-refractivity contribution in [1.82, 2.24) is 10.2 Å². The summed E-state index contributed by atoms with van der Waals surface area (Å²) < 4.78 is 5.53. The van der Waals surface area contributed by atoms with Crippen LogP contribution in [0.3, 0.4) is 0 Å². The van der Waals surface area contributed by atoms with Crippen LogP contribution in [0.4, 0.5) is 0 Å². The van der Waals surface area contributed by atoms with E-state index in [1.807, 2.05) is 0 Å². The number of rotatable bonds is 2. The van der Waals surface area contributed by atoms with E-state index >= 15 is 0 Å². The zero-order chi connectivity index (χ0) is 12.2. The van der Waals surface area contributed by atoms with E-state index in [4.69, 9.17) is 4.74 Å². The highest BCUT2D eigenvalue weighted by atomic mass is 16.5. The molecule has 3 rings (SSSR count). The van der Waals surface area contributed by atoms with Crippen LogP contribution in [0.25, 0.3) is 0 Å². The lowest BCUT2D eigenvalue weighted by Gasteiger charge is -2.29. The standard InChI is InChI=1S/C15H22N2O/c1-2-4-14-6-9-17(8-5-13(14)3-1)11-15-12-18-10-7-16-15/h1-4,15-16H,5-12H2. The van der Waals surface area contributed by atoms with Crippen LogP contribution in [-0.2, 0) is 17.6 Å². The van der Waals surface area contributed by atoms with Crippen molar-refractivity contribution in [2.75, 3.05) is 39.4 Å². The van der Waals surface area contributed by atoms with Gasteiger partial charge in [-0.1, -0.05) is 24.3 Å². The van der Waals surface area contributed by atoms with Gasteiger partial charge in [0.15, 0.2) is 0 Å². The van der Waals surface area contributed by atoms with Crippen LogP contribution in [-0.4, -0.2) is 50.3 Å². The first-order valence-electron chi connectivity index (χ1n) is 7.02. The molecule has 0 aromatic heterocycles. The minimum absolute atomic E-state index is 0.514. The fourth-order valence-corrected chi connectivity index (χ4v) is 2.95. The predicted molar refractivity (Wildman–Crippen MR) is 72.9 cm³/mol. The van der Waals surface area contributed by atoms with Gasteiger partial charge in [-0.2, -0.15) is 0 Å². The van der Waals surface area contributed by atoms with Gasteiger partial charge in [0.2, 0.25) is 0 Å². The van der Waals surface area contributed by atoms with Gasteiger partial charge in [0.25, 0.3) is 0 Å². The van der Waals surface area contributed by atoms with Crippen LogP contribution < -0.4 is 5.32 Å². The first kappa shape index (κ1) is 12.2. The third-order valence-electron chi connectivity index (χ3n) is 3.99. The predicted octanol–water partition coefficient (Wildman–Crippen LogP) is 1.08. The lowest BCUT2D eigenvalue weighted by molar-refractivity contribution is 0.0625. The summed E-state index contributed by atoms with van der Waals surface area (Å²) in [4.78, 5) is 2.58. The maximum absolute atomic E-state index is 5.53. The van der Waals surface area contributed by atoms with Crippen molar-refractivity contribution >= 4 is 0 Å². The number of morpholine rings is 1. The molecule has 0 amide bonds. The van der Waals surface area contributed by atoms with E-state index in [2.05, 4.69) is 34.5 Å². The smallest absolute Gasteiger partial charge is 0.0632 e. The van der Waals surface area contributed by atoms with Crippen molar-refractivity contribution in [2.45, 2.75) is 18.9 Å². The van der Waals surface area contributed by atoms with Gasteiger partial charge in [-0.15, -0.1) is 0 Å². The summed E-state index contributed by atoms with van der Waals surface area (Å²) >= 11 is 0. The number of nitrogens with one attached hydrogen (secondary N) is 1. The molecule has 1 unspecified atom stereocenters. The summed E-state index contributed by atoms with van der Waals surface area (Å²) in [5.74, 6) is 0. The molecule has 2 aliphatic heterocycles. The Morgan fingerprint density at radius 2 is 1.89 bits per heavy atom. The molecule has 0 radical (unpaired) electrons. The Balaban J connectivity index is 1.57. The average Bonchev–Trinajstić information content (AvgIpc) is 2.63. The lowest BCUT2D eigenvalue weighted by atomic mass is 10.0. The highest BCUT2D eigenvalue weighted by molar-refractivity contribution is 5.28. The Morgan fingerprint density at radius 1 is 1.17 bits per heavy atom. The molecule has 2 aliphatic rings. The van der Waals surface area contributed by atoms with Gasteiger partial charge in [0.1, 0.15) is 0 Å². The fraction of sp³-hybridized carbons (Fsp3) is 0.600. The highest BCUT2D eigenvalue weighted by Crippen LogP contribution is 2.15. The van der Waals surface area contributed by atoms with Gasteiger partial charge in [-0.25, -0.2) is 0 Å². The van der Waals surface area contributed by atoms with Crippen LogP contribution in [0.5, 0.6) is 0 Å². The molecule has 3 nitrogen and oxygen atoms in total. The Kier molecular flexibility index (Phi) is 3.93. The summed E-state index contributed by atoms with van der Waals surface area (Å²) in [6.45, 7) is 6.20. The van der Waals surface area contributed by atoms with E-state index in [-0.39, 0.29) is 0 Å².